The van der Waals surface area contributed by atoms with Gasteiger partial charge in [-0.1, -0.05) is 32.4 Å². The Morgan fingerprint density at radius 1 is 1.35 bits per heavy atom. The van der Waals surface area contributed by atoms with E-state index in [1.807, 2.05) is 32.0 Å². The number of nitrogens with one attached hydrogen (secondary N) is 1. The number of benzene rings is 1. The van der Waals surface area contributed by atoms with Crippen molar-refractivity contribution in [2.45, 2.75) is 40.7 Å². The maximum atomic E-state index is 12.1. The number of carbonyl (C=O) groups excluding carboxylic acids is 1. The first-order chi connectivity index (χ1) is 7.71. The van der Waals surface area contributed by atoms with E-state index in [-0.39, 0.29) is 17.4 Å². The zero-order valence-corrected chi connectivity index (χ0v) is 12.7. The molecule has 1 unspecified atom stereocenters. The summed E-state index contributed by atoms with van der Waals surface area (Å²) in [5, 5.41) is 3.04. The summed E-state index contributed by atoms with van der Waals surface area (Å²) in [4.78, 5) is 12.1. The molecule has 0 radical (unpaired) electrons. The molecule has 0 saturated carbocycles. The van der Waals surface area contributed by atoms with Crippen LogP contribution in [0.1, 0.15) is 43.6 Å². The smallest absolute Gasteiger partial charge is 0.252 e. The van der Waals surface area contributed by atoms with Gasteiger partial charge >= 0.3 is 0 Å². The van der Waals surface area contributed by atoms with Gasteiger partial charge in [-0.05, 0) is 47.3 Å². The normalized spacial score (nSPS) is 13.3. The van der Waals surface area contributed by atoms with E-state index in [0.717, 1.165) is 10.0 Å². The van der Waals surface area contributed by atoms with E-state index in [4.69, 9.17) is 0 Å². The number of aryl methyl sites for hydroxylation is 1. The van der Waals surface area contributed by atoms with Crippen LogP contribution in [0, 0.1) is 12.3 Å². The van der Waals surface area contributed by atoms with Crippen molar-refractivity contribution in [3.8, 4) is 0 Å². The predicted molar refractivity (Wildman–Crippen MR) is 75.3 cm³/mol. The van der Waals surface area contributed by atoms with Gasteiger partial charge in [-0.15, -0.1) is 0 Å². The molecule has 0 aliphatic rings. The Hall–Kier alpha value is -0.830. The Balaban J connectivity index is 2.87. The second-order valence-electron chi connectivity index (χ2n) is 5.54. The van der Waals surface area contributed by atoms with Crippen LogP contribution in [0.2, 0.25) is 0 Å². The first-order valence-corrected chi connectivity index (χ1v) is 6.58. The number of halogens is 1. The van der Waals surface area contributed by atoms with Crippen molar-refractivity contribution in [2.75, 3.05) is 0 Å². The average molecular weight is 298 g/mol. The van der Waals surface area contributed by atoms with Crippen molar-refractivity contribution >= 4 is 21.8 Å². The third kappa shape index (κ3) is 3.84. The first-order valence-electron chi connectivity index (χ1n) is 5.79. The third-order valence-electron chi connectivity index (χ3n) is 3.01. The largest absolute Gasteiger partial charge is 0.349 e. The standard InChI is InChI=1S/C14H20BrNO/c1-9-6-7-12(15)11(8-9)13(17)16-10(2)14(3,4)5/h6-8,10H,1-5H3,(H,16,17). The molecular formula is C14H20BrNO. The van der Waals surface area contributed by atoms with E-state index >= 15 is 0 Å². The zero-order valence-electron chi connectivity index (χ0n) is 11.1. The number of hydrogen-bond acceptors (Lipinski definition) is 1. The lowest BCUT2D eigenvalue weighted by molar-refractivity contribution is 0.0909. The molecule has 1 N–H and O–H groups in total. The molecule has 0 spiro atoms. The Morgan fingerprint density at radius 2 is 1.94 bits per heavy atom. The van der Waals surface area contributed by atoms with Gasteiger partial charge in [0.25, 0.3) is 5.91 Å². The average Bonchev–Trinajstić information content (AvgIpc) is 2.20. The fraction of sp³-hybridized carbons (Fsp3) is 0.500. The van der Waals surface area contributed by atoms with Crippen LogP contribution in [-0.4, -0.2) is 11.9 Å². The molecule has 0 heterocycles. The first kappa shape index (κ1) is 14.2. The summed E-state index contributed by atoms with van der Waals surface area (Å²) < 4.78 is 0.835. The highest BCUT2D eigenvalue weighted by Gasteiger charge is 2.22. The molecule has 0 fully saturated rings. The van der Waals surface area contributed by atoms with Gasteiger partial charge in [0.1, 0.15) is 0 Å². The number of amides is 1. The highest BCUT2D eigenvalue weighted by atomic mass is 79.9. The van der Waals surface area contributed by atoms with Crippen molar-refractivity contribution in [1.82, 2.24) is 5.32 Å². The Morgan fingerprint density at radius 3 is 2.47 bits per heavy atom. The molecule has 17 heavy (non-hydrogen) atoms. The maximum absolute atomic E-state index is 12.1. The van der Waals surface area contributed by atoms with E-state index in [9.17, 15) is 4.79 Å². The van der Waals surface area contributed by atoms with Gasteiger partial charge in [0.05, 0.1) is 5.56 Å². The van der Waals surface area contributed by atoms with E-state index in [0.29, 0.717) is 5.56 Å². The molecule has 0 bridgehead atoms. The van der Waals surface area contributed by atoms with Crippen molar-refractivity contribution in [2.24, 2.45) is 5.41 Å². The Labute approximate surface area is 112 Å². The topological polar surface area (TPSA) is 29.1 Å². The molecule has 1 rings (SSSR count). The summed E-state index contributed by atoms with van der Waals surface area (Å²) in [7, 11) is 0. The van der Waals surface area contributed by atoms with Crippen LogP contribution in [0.25, 0.3) is 0 Å². The van der Waals surface area contributed by atoms with Crippen LogP contribution < -0.4 is 5.32 Å². The maximum Gasteiger partial charge on any atom is 0.252 e. The molecule has 1 aromatic rings. The quantitative estimate of drug-likeness (QED) is 0.881. The molecule has 1 amide bonds. The van der Waals surface area contributed by atoms with Crippen LogP contribution in [0.5, 0.6) is 0 Å². The lowest BCUT2D eigenvalue weighted by Crippen LogP contribution is -2.41. The molecule has 0 aliphatic heterocycles. The van der Waals surface area contributed by atoms with E-state index in [1.165, 1.54) is 0 Å². The molecule has 94 valence electrons. The number of carbonyl (C=O) groups is 1. The Bertz CT molecular complexity index is 421. The van der Waals surface area contributed by atoms with Gasteiger partial charge in [0.2, 0.25) is 0 Å². The van der Waals surface area contributed by atoms with Crippen molar-refractivity contribution in [1.29, 1.82) is 0 Å². The molecular weight excluding hydrogens is 278 g/mol. The van der Waals surface area contributed by atoms with Crippen LogP contribution in [0.3, 0.4) is 0 Å². The minimum Gasteiger partial charge on any atom is -0.349 e. The van der Waals surface area contributed by atoms with Gasteiger partial charge in [0.15, 0.2) is 0 Å². The van der Waals surface area contributed by atoms with Crippen molar-refractivity contribution < 1.29 is 4.79 Å². The highest BCUT2D eigenvalue weighted by Crippen LogP contribution is 2.21. The van der Waals surface area contributed by atoms with E-state index in [1.54, 1.807) is 0 Å². The highest BCUT2D eigenvalue weighted by molar-refractivity contribution is 9.10. The molecule has 1 aromatic carbocycles. The second-order valence-corrected chi connectivity index (χ2v) is 6.40. The summed E-state index contributed by atoms with van der Waals surface area (Å²) in [6, 6.07) is 5.91. The van der Waals surface area contributed by atoms with Gasteiger partial charge in [-0.2, -0.15) is 0 Å². The van der Waals surface area contributed by atoms with Crippen LogP contribution in [0.15, 0.2) is 22.7 Å². The van der Waals surface area contributed by atoms with Gasteiger partial charge in [-0.25, -0.2) is 0 Å². The number of rotatable bonds is 2. The summed E-state index contributed by atoms with van der Waals surface area (Å²) in [5.74, 6) is -0.0250. The van der Waals surface area contributed by atoms with Crippen LogP contribution in [-0.2, 0) is 0 Å². The lowest BCUT2D eigenvalue weighted by atomic mass is 9.88. The van der Waals surface area contributed by atoms with Crippen LogP contribution >= 0.6 is 15.9 Å². The summed E-state index contributed by atoms with van der Waals surface area (Å²) in [6.45, 7) is 10.4. The fourth-order valence-electron chi connectivity index (χ4n) is 1.30. The van der Waals surface area contributed by atoms with E-state index in [2.05, 4.69) is 42.0 Å². The lowest BCUT2D eigenvalue weighted by Gasteiger charge is -2.28. The van der Waals surface area contributed by atoms with Gasteiger partial charge in [0, 0.05) is 10.5 Å². The summed E-state index contributed by atoms with van der Waals surface area (Å²) >= 11 is 3.41. The summed E-state index contributed by atoms with van der Waals surface area (Å²) in [6.07, 6.45) is 0. The van der Waals surface area contributed by atoms with Gasteiger partial charge in [-0.3, -0.25) is 4.79 Å². The predicted octanol–water partition coefficient (Wildman–Crippen LogP) is 3.92. The molecule has 1 atom stereocenters. The van der Waals surface area contributed by atoms with Crippen molar-refractivity contribution in [3.63, 3.8) is 0 Å². The van der Waals surface area contributed by atoms with Crippen LogP contribution in [0.4, 0.5) is 0 Å². The molecule has 0 saturated heterocycles. The monoisotopic (exact) mass is 297 g/mol. The number of hydrogen-bond donors (Lipinski definition) is 1. The van der Waals surface area contributed by atoms with Crippen molar-refractivity contribution in [3.05, 3.63) is 33.8 Å². The zero-order chi connectivity index (χ0) is 13.2. The third-order valence-corrected chi connectivity index (χ3v) is 3.70. The van der Waals surface area contributed by atoms with E-state index < -0.39 is 0 Å². The molecule has 2 nitrogen and oxygen atoms in total. The molecule has 0 aromatic heterocycles. The minimum absolute atomic E-state index is 0.0250. The molecule has 0 aliphatic carbocycles. The fourth-order valence-corrected chi connectivity index (χ4v) is 1.73. The summed E-state index contributed by atoms with van der Waals surface area (Å²) in [5.41, 5.74) is 1.84. The minimum atomic E-state index is -0.0250. The van der Waals surface area contributed by atoms with Gasteiger partial charge < -0.3 is 5.32 Å². The second kappa shape index (κ2) is 5.21. The molecule has 3 heteroatoms. The Kier molecular flexibility index (Phi) is 4.36. The SMILES string of the molecule is Cc1ccc(Br)c(C(=O)NC(C)C(C)(C)C)c1.